The summed E-state index contributed by atoms with van der Waals surface area (Å²) in [7, 11) is 0. The van der Waals surface area contributed by atoms with Gasteiger partial charge in [0.05, 0.1) is 5.52 Å². The highest BCUT2D eigenvalue weighted by Gasteiger charge is 2.16. The summed E-state index contributed by atoms with van der Waals surface area (Å²) in [4.78, 5) is 14.6. The second kappa shape index (κ2) is 13.6. The van der Waals surface area contributed by atoms with E-state index in [1.807, 2.05) is 65.3 Å². The van der Waals surface area contributed by atoms with Crippen LogP contribution >= 0.6 is 0 Å². The fourth-order valence-corrected chi connectivity index (χ4v) is 7.00. The van der Waals surface area contributed by atoms with Crippen molar-refractivity contribution in [1.29, 1.82) is 0 Å². The number of hydrogen-bond donors (Lipinski definition) is 0. The van der Waals surface area contributed by atoms with Crippen LogP contribution in [0.15, 0.2) is 206 Å². The van der Waals surface area contributed by atoms with Crippen LogP contribution in [0.3, 0.4) is 0 Å². The molecule has 0 aliphatic carbocycles. The van der Waals surface area contributed by atoms with E-state index in [4.69, 9.17) is 0 Å². The van der Waals surface area contributed by atoms with Gasteiger partial charge in [-0.2, -0.15) is 0 Å². The molecule has 0 saturated carbocycles. The lowest BCUT2D eigenvalue weighted by Crippen LogP contribution is -2.19. The summed E-state index contributed by atoms with van der Waals surface area (Å²) >= 11 is 0. The highest BCUT2D eigenvalue weighted by molar-refractivity contribution is 6.09. The van der Waals surface area contributed by atoms with Crippen LogP contribution in [0.2, 0.25) is 0 Å². The lowest BCUT2D eigenvalue weighted by molar-refractivity contribution is 1.06. The van der Waals surface area contributed by atoms with Crippen molar-refractivity contribution >= 4 is 27.2 Å². The Morgan fingerprint density at radius 2 is 0.980 bits per heavy atom. The van der Waals surface area contributed by atoms with E-state index in [0.717, 1.165) is 77.6 Å². The molecule has 0 fully saturated rings. The van der Waals surface area contributed by atoms with Crippen LogP contribution < -0.4 is 5.56 Å². The zero-order valence-corrected chi connectivity index (χ0v) is 28.2. The third kappa shape index (κ3) is 6.05. The van der Waals surface area contributed by atoms with Gasteiger partial charge in [0.25, 0.3) is 5.56 Å². The summed E-state index contributed by atoms with van der Waals surface area (Å²) in [5.74, 6) is 0. The molecule has 1 heterocycles. The maximum atomic E-state index is 14.6. The van der Waals surface area contributed by atoms with Crippen LogP contribution in [0.5, 0.6) is 0 Å². The third-order valence-corrected chi connectivity index (χ3v) is 9.52. The molecule has 0 amide bonds. The van der Waals surface area contributed by atoms with Crippen LogP contribution in [0.1, 0.15) is 5.56 Å². The first-order chi connectivity index (χ1) is 25.1. The molecule has 2 nitrogen and oxygen atoms in total. The average Bonchev–Trinajstić information content (AvgIpc) is 3.20. The number of nitrogens with zero attached hydrogens (tertiary/aromatic N) is 1. The van der Waals surface area contributed by atoms with Crippen molar-refractivity contribution in [3.8, 4) is 50.2 Å². The Morgan fingerprint density at radius 3 is 1.59 bits per heavy atom. The van der Waals surface area contributed by atoms with Crippen LogP contribution in [0, 0.1) is 0 Å². The molecule has 51 heavy (non-hydrogen) atoms. The van der Waals surface area contributed by atoms with Crippen molar-refractivity contribution in [3.05, 3.63) is 217 Å². The normalized spacial score (nSPS) is 11.5. The van der Waals surface area contributed by atoms with E-state index in [1.54, 1.807) is 6.08 Å². The molecule has 0 radical (unpaired) electrons. The average molecular weight is 654 g/mol. The van der Waals surface area contributed by atoms with Gasteiger partial charge in [-0.15, -0.1) is 0 Å². The standard InChI is InChI=1S/C49H35NO/c1-3-15-34(4-2)41-28-42(37-20-12-7-13-21-37)30-43(29-41)38-22-14-23-44(31-38)50-48-27-25-40(36-18-10-6-11-19-36)33-47(48)46-32-39(24-26-45(46)49(50)51)35-16-8-5-9-17-35/h3-33H,1-2H2/b34-15+. The minimum absolute atomic E-state index is 0.0525. The predicted molar refractivity (Wildman–Crippen MR) is 217 cm³/mol. The molecule has 8 rings (SSSR count). The van der Waals surface area contributed by atoms with Crippen molar-refractivity contribution in [2.75, 3.05) is 0 Å². The molecule has 8 aromatic rings. The van der Waals surface area contributed by atoms with Gasteiger partial charge in [0.2, 0.25) is 0 Å². The van der Waals surface area contributed by atoms with Gasteiger partial charge in [0, 0.05) is 16.5 Å². The summed E-state index contributed by atoms with van der Waals surface area (Å²) in [6, 6.07) is 58.6. The number of pyridine rings is 1. The summed E-state index contributed by atoms with van der Waals surface area (Å²) in [6.45, 7) is 7.99. The molecule has 7 aromatic carbocycles. The Bertz CT molecular complexity index is 2670. The molecule has 0 unspecified atom stereocenters. The van der Waals surface area contributed by atoms with Crippen molar-refractivity contribution in [2.24, 2.45) is 0 Å². The van der Waals surface area contributed by atoms with Crippen molar-refractivity contribution in [3.63, 3.8) is 0 Å². The number of benzene rings is 7. The van der Waals surface area contributed by atoms with Gasteiger partial charge >= 0.3 is 0 Å². The smallest absolute Gasteiger partial charge is 0.263 e. The predicted octanol–water partition coefficient (Wildman–Crippen LogP) is 12.6. The van der Waals surface area contributed by atoms with Gasteiger partial charge in [-0.3, -0.25) is 9.36 Å². The molecular weight excluding hydrogens is 619 g/mol. The van der Waals surface area contributed by atoms with E-state index in [1.165, 1.54) is 0 Å². The fraction of sp³-hybridized carbons (Fsp3) is 0. The fourth-order valence-electron chi connectivity index (χ4n) is 7.00. The Hall–Kier alpha value is -6.77. The number of hydrogen-bond acceptors (Lipinski definition) is 1. The number of allylic oxidation sites excluding steroid dienone is 4. The first-order valence-electron chi connectivity index (χ1n) is 17.1. The van der Waals surface area contributed by atoms with Crippen molar-refractivity contribution in [1.82, 2.24) is 4.57 Å². The monoisotopic (exact) mass is 653 g/mol. The zero-order valence-electron chi connectivity index (χ0n) is 28.2. The summed E-state index contributed by atoms with van der Waals surface area (Å²) in [5, 5.41) is 2.64. The number of rotatable bonds is 8. The van der Waals surface area contributed by atoms with E-state index in [0.29, 0.717) is 5.39 Å². The largest absolute Gasteiger partial charge is 0.276 e. The second-order valence-electron chi connectivity index (χ2n) is 12.6. The Labute approximate surface area is 298 Å². The molecule has 2 heteroatoms. The van der Waals surface area contributed by atoms with E-state index in [2.05, 4.69) is 134 Å². The minimum Gasteiger partial charge on any atom is -0.276 e. The second-order valence-corrected chi connectivity index (χ2v) is 12.6. The van der Waals surface area contributed by atoms with Crippen LogP contribution in [0.25, 0.3) is 77.4 Å². The molecule has 0 aliphatic rings. The molecule has 0 bridgehead atoms. The van der Waals surface area contributed by atoms with E-state index < -0.39 is 0 Å². The number of aromatic nitrogens is 1. The van der Waals surface area contributed by atoms with Gasteiger partial charge in [-0.25, -0.2) is 0 Å². The van der Waals surface area contributed by atoms with Crippen molar-refractivity contribution in [2.45, 2.75) is 0 Å². The SMILES string of the molecule is C=C/C=C(\C=C)c1cc(-c2ccccc2)cc(-c2cccc(-n3c(=O)c4ccc(-c5ccccc5)cc4c4cc(-c5ccccc5)ccc43)c2)c1. The van der Waals surface area contributed by atoms with E-state index >= 15 is 0 Å². The first kappa shape index (κ1) is 31.5. The highest BCUT2D eigenvalue weighted by Crippen LogP contribution is 2.35. The highest BCUT2D eigenvalue weighted by atomic mass is 16.1. The topological polar surface area (TPSA) is 22.0 Å². The Kier molecular flexibility index (Phi) is 8.41. The zero-order chi connectivity index (χ0) is 34.7. The van der Waals surface area contributed by atoms with Gasteiger partial charge in [-0.05, 0) is 116 Å². The Balaban J connectivity index is 1.36. The van der Waals surface area contributed by atoms with Gasteiger partial charge in [-0.1, -0.05) is 147 Å². The van der Waals surface area contributed by atoms with Crippen LogP contribution in [-0.4, -0.2) is 4.57 Å². The summed E-state index contributed by atoms with van der Waals surface area (Å²) in [5.41, 5.74) is 12.3. The first-order valence-corrected chi connectivity index (χ1v) is 17.1. The quantitative estimate of drug-likeness (QED) is 0.118. The van der Waals surface area contributed by atoms with Crippen LogP contribution in [-0.2, 0) is 0 Å². The summed E-state index contributed by atoms with van der Waals surface area (Å²) < 4.78 is 1.87. The molecule has 0 saturated heterocycles. The molecule has 1 aromatic heterocycles. The van der Waals surface area contributed by atoms with Crippen LogP contribution in [0.4, 0.5) is 0 Å². The molecule has 0 N–H and O–H groups in total. The van der Waals surface area contributed by atoms with Gasteiger partial charge in [0.1, 0.15) is 0 Å². The lowest BCUT2D eigenvalue weighted by Gasteiger charge is -2.17. The van der Waals surface area contributed by atoms with Crippen molar-refractivity contribution < 1.29 is 0 Å². The summed E-state index contributed by atoms with van der Waals surface area (Å²) in [6.07, 6.45) is 5.63. The van der Waals surface area contributed by atoms with E-state index in [9.17, 15) is 4.79 Å². The minimum atomic E-state index is -0.0525. The maximum Gasteiger partial charge on any atom is 0.263 e. The molecular formula is C49H35NO. The lowest BCUT2D eigenvalue weighted by atomic mass is 9.93. The molecule has 242 valence electrons. The third-order valence-electron chi connectivity index (χ3n) is 9.52. The Morgan fingerprint density at radius 1 is 0.451 bits per heavy atom. The number of fused-ring (bicyclic) bond motifs is 3. The van der Waals surface area contributed by atoms with E-state index in [-0.39, 0.29) is 5.56 Å². The molecule has 0 atom stereocenters. The maximum absolute atomic E-state index is 14.6. The molecule has 0 spiro atoms. The van der Waals surface area contributed by atoms with Gasteiger partial charge < -0.3 is 0 Å². The van der Waals surface area contributed by atoms with Gasteiger partial charge in [0.15, 0.2) is 0 Å². The molecule has 0 aliphatic heterocycles.